The zero-order valence-electron chi connectivity index (χ0n) is 9.32. The number of fused-ring (bicyclic) bond motifs is 1. The molecular formula is C10H14N4O3. The molecule has 0 saturated carbocycles. The third-order valence-corrected chi connectivity index (χ3v) is 3.34. The van der Waals surface area contributed by atoms with Crippen molar-refractivity contribution >= 4 is 5.91 Å². The molecule has 0 radical (unpaired) electrons. The van der Waals surface area contributed by atoms with Crippen molar-refractivity contribution in [3.8, 4) is 0 Å². The van der Waals surface area contributed by atoms with Gasteiger partial charge in [0.25, 0.3) is 0 Å². The first-order chi connectivity index (χ1) is 8.28. The summed E-state index contributed by atoms with van der Waals surface area (Å²) in [6.45, 7) is 1.33. The van der Waals surface area contributed by atoms with Crippen molar-refractivity contribution in [2.75, 3.05) is 19.8 Å². The van der Waals surface area contributed by atoms with Crippen LogP contribution in [0.2, 0.25) is 0 Å². The van der Waals surface area contributed by atoms with Gasteiger partial charge >= 0.3 is 0 Å². The van der Waals surface area contributed by atoms with Crippen molar-refractivity contribution < 1.29 is 14.6 Å². The summed E-state index contributed by atoms with van der Waals surface area (Å²) in [6.07, 6.45) is 2.56. The molecule has 1 N–H and O–H groups in total. The molecule has 3 heterocycles. The highest BCUT2D eigenvalue weighted by Gasteiger charge is 2.39. The van der Waals surface area contributed by atoms with E-state index in [0.29, 0.717) is 18.8 Å². The van der Waals surface area contributed by atoms with Crippen LogP contribution in [0, 0.1) is 0 Å². The zero-order valence-corrected chi connectivity index (χ0v) is 9.32. The maximum absolute atomic E-state index is 11.6. The molecule has 0 bridgehead atoms. The molecule has 0 aliphatic carbocycles. The van der Waals surface area contributed by atoms with Crippen LogP contribution in [0.15, 0.2) is 6.20 Å². The van der Waals surface area contributed by atoms with E-state index < -0.39 is 0 Å². The zero-order chi connectivity index (χ0) is 11.8. The minimum atomic E-state index is -0.109. The molecule has 1 amide bonds. The molecule has 0 spiro atoms. The Morgan fingerprint density at radius 2 is 2.41 bits per heavy atom. The molecule has 2 fully saturated rings. The Morgan fingerprint density at radius 1 is 1.53 bits per heavy atom. The number of aliphatic hydroxyl groups is 1. The second kappa shape index (κ2) is 4.08. The Hall–Kier alpha value is -1.47. The van der Waals surface area contributed by atoms with Crippen LogP contribution in [0.3, 0.4) is 0 Å². The fraction of sp³-hybridized carbons (Fsp3) is 0.700. The molecular weight excluding hydrogens is 224 g/mol. The van der Waals surface area contributed by atoms with Gasteiger partial charge in [0.05, 0.1) is 31.5 Å². The van der Waals surface area contributed by atoms with E-state index in [9.17, 15) is 4.79 Å². The summed E-state index contributed by atoms with van der Waals surface area (Å²) in [7, 11) is 0. The van der Waals surface area contributed by atoms with E-state index in [1.165, 1.54) is 0 Å². The summed E-state index contributed by atoms with van der Waals surface area (Å²) in [6, 6.07) is 0.293. The number of rotatable bonds is 2. The predicted octanol–water partition coefficient (Wildman–Crippen LogP) is -1.06. The molecule has 17 heavy (non-hydrogen) atoms. The molecule has 2 atom stereocenters. The van der Waals surface area contributed by atoms with Gasteiger partial charge in [0.15, 0.2) is 0 Å². The molecule has 1 aromatic heterocycles. The van der Waals surface area contributed by atoms with E-state index in [4.69, 9.17) is 9.84 Å². The van der Waals surface area contributed by atoms with Gasteiger partial charge in [-0.25, -0.2) is 4.68 Å². The predicted molar refractivity (Wildman–Crippen MR) is 55.9 cm³/mol. The topological polar surface area (TPSA) is 80.5 Å². The van der Waals surface area contributed by atoms with Crippen LogP contribution in [0.1, 0.15) is 18.2 Å². The summed E-state index contributed by atoms with van der Waals surface area (Å²) in [5.74, 6) is 0.0475. The number of carbonyl (C=O) groups excluding carboxylic acids is 1. The molecule has 0 aromatic carbocycles. The Balaban J connectivity index is 1.76. The Bertz CT molecular complexity index is 433. The standard InChI is InChI=1S/C10H14N4O3/c15-4-7-2-14(12-11-7)8-1-9-5-17-6-10(16)13(9)3-8/h2,8-9,15H,1,3-6H2. The molecule has 7 nitrogen and oxygen atoms in total. The summed E-state index contributed by atoms with van der Waals surface area (Å²) in [5, 5.41) is 16.8. The number of ether oxygens (including phenoxy) is 1. The number of hydrogen-bond acceptors (Lipinski definition) is 5. The fourth-order valence-corrected chi connectivity index (χ4v) is 2.48. The lowest BCUT2D eigenvalue weighted by Crippen LogP contribution is -2.45. The second-order valence-electron chi connectivity index (χ2n) is 4.45. The minimum Gasteiger partial charge on any atom is -0.390 e. The minimum absolute atomic E-state index is 0.0475. The monoisotopic (exact) mass is 238 g/mol. The van der Waals surface area contributed by atoms with E-state index >= 15 is 0 Å². The molecule has 2 saturated heterocycles. The van der Waals surface area contributed by atoms with Gasteiger partial charge in [-0.3, -0.25) is 4.79 Å². The Labute approximate surface area is 98.0 Å². The first-order valence-electron chi connectivity index (χ1n) is 5.66. The lowest BCUT2D eigenvalue weighted by Gasteiger charge is -2.28. The van der Waals surface area contributed by atoms with Crippen LogP contribution in [-0.2, 0) is 16.1 Å². The number of carbonyl (C=O) groups is 1. The first kappa shape index (κ1) is 10.7. The number of aliphatic hydroxyl groups excluding tert-OH is 1. The van der Waals surface area contributed by atoms with Crippen molar-refractivity contribution in [2.24, 2.45) is 0 Å². The van der Waals surface area contributed by atoms with Crippen molar-refractivity contribution in [2.45, 2.75) is 25.1 Å². The quantitative estimate of drug-likeness (QED) is 0.710. The summed E-state index contributed by atoms with van der Waals surface area (Å²) in [4.78, 5) is 13.5. The number of hydrogen-bond donors (Lipinski definition) is 1. The SMILES string of the molecule is O=C1COCC2CC(n3cc(CO)nn3)CN12. The molecule has 1 aromatic rings. The van der Waals surface area contributed by atoms with Crippen LogP contribution < -0.4 is 0 Å². The van der Waals surface area contributed by atoms with Crippen LogP contribution in [0.4, 0.5) is 0 Å². The number of nitrogens with zero attached hydrogens (tertiary/aromatic N) is 4. The van der Waals surface area contributed by atoms with Crippen LogP contribution >= 0.6 is 0 Å². The van der Waals surface area contributed by atoms with Crippen molar-refractivity contribution in [3.05, 3.63) is 11.9 Å². The number of morpholine rings is 1. The Morgan fingerprint density at radius 3 is 3.12 bits per heavy atom. The highest BCUT2D eigenvalue weighted by molar-refractivity contribution is 5.78. The maximum atomic E-state index is 11.6. The van der Waals surface area contributed by atoms with E-state index in [1.807, 2.05) is 4.90 Å². The molecule has 2 aliphatic heterocycles. The average molecular weight is 238 g/mol. The normalized spacial score (nSPS) is 28.5. The van der Waals surface area contributed by atoms with Gasteiger partial charge in [-0.05, 0) is 6.42 Å². The lowest BCUT2D eigenvalue weighted by molar-refractivity contribution is -0.145. The van der Waals surface area contributed by atoms with Crippen molar-refractivity contribution in [1.82, 2.24) is 19.9 Å². The van der Waals surface area contributed by atoms with Gasteiger partial charge in [0.2, 0.25) is 5.91 Å². The van der Waals surface area contributed by atoms with Crippen molar-refractivity contribution in [1.29, 1.82) is 0 Å². The third-order valence-electron chi connectivity index (χ3n) is 3.34. The Kier molecular flexibility index (Phi) is 2.56. The highest BCUT2D eigenvalue weighted by atomic mass is 16.5. The number of amides is 1. The van der Waals surface area contributed by atoms with Gasteiger partial charge in [0, 0.05) is 6.54 Å². The lowest BCUT2D eigenvalue weighted by atomic mass is 10.2. The highest BCUT2D eigenvalue weighted by Crippen LogP contribution is 2.29. The molecule has 92 valence electrons. The molecule has 7 heteroatoms. The smallest absolute Gasteiger partial charge is 0.248 e. The van der Waals surface area contributed by atoms with Crippen molar-refractivity contribution in [3.63, 3.8) is 0 Å². The molecule has 2 aliphatic rings. The van der Waals surface area contributed by atoms with Gasteiger partial charge in [-0.2, -0.15) is 0 Å². The van der Waals surface area contributed by atoms with E-state index in [2.05, 4.69) is 10.3 Å². The molecule has 3 rings (SSSR count). The second-order valence-corrected chi connectivity index (χ2v) is 4.45. The number of aromatic nitrogens is 3. The fourth-order valence-electron chi connectivity index (χ4n) is 2.48. The van der Waals surface area contributed by atoms with Gasteiger partial charge in [-0.1, -0.05) is 5.21 Å². The summed E-state index contributed by atoms with van der Waals surface area (Å²) >= 11 is 0. The van der Waals surface area contributed by atoms with E-state index in [1.54, 1.807) is 10.9 Å². The maximum Gasteiger partial charge on any atom is 0.248 e. The van der Waals surface area contributed by atoms with Gasteiger partial charge in [-0.15, -0.1) is 5.10 Å². The van der Waals surface area contributed by atoms with Gasteiger partial charge < -0.3 is 14.7 Å². The van der Waals surface area contributed by atoms with Crippen LogP contribution in [-0.4, -0.2) is 56.7 Å². The summed E-state index contributed by atoms with van der Waals surface area (Å²) in [5.41, 5.74) is 0.553. The molecule has 2 unspecified atom stereocenters. The van der Waals surface area contributed by atoms with E-state index in [0.717, 1.165) is 6.42 Å². The van der Waals surface area contributed by atoms with Gasteiger partial charge in [0.1, 0.15) is 12.3 Å². The van der Waals surface area contributed by atoms with E-state index in [-0.39, 0.29) is 31.2 Å². The third kappa shape index (κ3) is 1.81. The van der Waals surface area contributed by atoms with Crippen LogP contribution in [0.25, 0.3) is 0 Å². The first-order valence-corrected chi connectivity index (χ1v) is 5.66. The van der Waals surface area contributed by atoms with Crippen LogP contribution in [0.5, 0.6) is 0 Å². The summed E-state index contributed by atoms with van der Waals surface area (Å²) < 4.78 is 6.96. The largest absolute Gasteiger partial charge is 0.390 e. The average Bonchev–Trinajstić information content (AvgIpc) is 2.95.